The molecule has 26 heavy (non-hydrogen) atoms. The van der Waals surface area contributed by atoms with Crippen molar-refractivity contribution in [1.29, 1.82) is 0 Å². The Balaban J connectivity index is 2.01. The lowest BCUT2D eigenvalue weighted by Gasteiger charge is -2.15. The Morgan fingerprint density at radius 3 is 2.65 bits per heavy atom. The minimum Gasteiger partial charge on any atom is -0.467 e. The fourth-order valence-electron chi connectivity index (χ4n) is 1.99. The predicted molar refractivity (Wildman–Crippen MR) is 93.2 cm³/mol. The quantitative estimate of drug-likeness (QED) is 0.708. The van der Waals surface area contributed by atoms with Crippen LogP contribution in [0.1, 0.15) is 16.1 Å². The standard InChI is InChI=1S/C16H17ClN2O6S/c1-18-26(22,23)14-8-11(5-6-13(14)17)16(21)25-10-15(20)19(2)9-12-4-3-7-24-12/h3-8,18H,9-10H2,1-2H3. The lowest BCUT2D eigenvalue weighted by Crippen LogP contribution is -2.30. The number of ether oxygens (including phenoxy) is 1. The first-order chi connectivity index (χ1) is 12.2. The third kappa shape index (κ3) is 4.84. The molecule has 0 spiro atoms. The average molecular weight is 401 g/mol. The number of furan rings is 1. The van der Waals surface area contributed by atoms with E-state index in [1.54, 1.807) is 19.2 Å². The van der Waals surface area contributed by atoms with Gasteiger partial charge in [-0.1, -0.05) is 11.6 Å². The number of carbonyl (C=O) groups is 2. The highest BCUT2D eigenvalue weighted by Crippen LogP contribution is 2.22. The van der Waals surface area contributed by atoms with Gasteiger partial charge in [0.25, 0.3) is 5.91 Å². The molecule has 0 radical (unpaired) electrons. The van der Waals surface area contributed by atoms with Crippen molar-refractivity contribution in [3.8, 4) is 0 Å². The second kappa shape index (κ2) is 8.35. The molecule has 1 N–H and O–H groups in total. The van der Waals surface area contributed by atoms with Gasteiger partial charge in [-0.3, -0.25) is 4.79 Å². The summed E-state index contributed by atoms with van der Waals surface area (Å²) in [5, 5.41) is -0.0369. The van der Waals surface area contributed by atoms with Crippen LogP contribution >= 0.6 is 11.6 Å². The minimum absolute atomic E-state index is 0.0369. The Bertz CT molecular complexity index is 895. The number of carbonyl (C=O) groups excluding carboxylic acids is 2. The summed E-state index contributed by atoms with van der Waals surface area (Å²) in [5.41, 5.74) is -0.0373. The number of hydrogen-bond donors (Lipinski definition) is 1. The summed E-state index contributed by atoms with van der Waals surface area (Å²) < 4.78 is 36.0. The lowest BCUT2D eigenvalue weighted by molar-refractivity contribution is -0.133. The number of nitrogens with zero attached hydrogens (tertiary/aromatic N) is 1. The van der Waals surface area contributed by atoms with Crippen LogP contribution in [0.4, 0.5) is 0 Å². The van der Waals surface area contributed by atoms with E-state index in [-0.39, 0.29) is 22.0 Å². The predicted octanol–water partition coefficient (Wildman–Crippen LogP) is 1.66. The van der Waals surface area contributed by atoms with Gasteiger partial charge in [-0.25, -0.2) is 17.9 Å². The largest absolute Gasteiger partial charge is 0.467 e. The fourth-order valence-corrected chi connectivity index (χ4v) is 3.24. The number of amides is 1. The van der Waals surface area contributed by atoms with E-state index in [0.717, 1.165) is 6.07 Å². The Labute approximate surface area is 155 Å². The Morgan fingerprint density at radius 2 is 2.04 bits per heavy atom. The zero-order chi connectivity index (χ0) is 19.3. The van der Waals surface area contributed by atoms with Gasteiger partial charge in [-0.15, -0.1) is 0 Å². The monoisotopic (exact) mass is 400 g/mol. The molecule has 0 aliphatic heterocycles. The van der Waals surface area contributed by atoms with Crippen molar-refractivity contribution in [2.24, 2.45) is 0 Å². The number of benzene rings is 1. The molecule has 1 aromatic carbocycles. The molecule has 10 heteroatoms. The number of rotatable bonds is 7. The van der Waals surface area contributed by atoms with Crippen molar-refractivity contribution in [3.05, 3.63) is 52.9 Å². The molecule has 1 amide bonds. The van der Waals surface area contributed by atoms with E-state index in [9.17, 15) is 18.0 Å². The Morgan fingerprint density at radius 1 is 1.31 bits per heavy atom. The van der Waals surface area contributed by atoms with E-state index >= 15 is 0 Å². The molecule has 0 aliphatic rings. The van der Waals surface area contributed by atoms with E-state index in [1.807, 2.05) is 0 Å². The summed E-state index contributed by atoms with van der Waals surface area (Å²) in [6.45, 7) is -0.262. The lowest BCUT2D eigenvalue weighted by atomic mass is 10.2. The highest BCUT2D eigenvalue weighted by Gasteiger charge is 2.20. The molecule has 0 bridgehead atoms. The second-order valence-corrected chi connectivity index (χ2v) is 7.52. The first-order valence-electron chi connectivity index (χ1n) is 7.41. The summed E-state index contributed by atoms with van der Waals surface area (Å²) in [6, 6.07) is 7.09. The van der Waals surface area contributed by atoms with E-state index in [0.29, 0.717) is 5.76 Å². The normalized spacial score (nSPS) is 11.2. The first-order valence-corrected chi connectivity index (χ1v) is 9.27. The molecular formula is C16H17ClN2O6S. The van der Waals surface area contributed by atoms with Gasteiger partial charge in [-0.05, 0) is 37.4 Å². The highest BCUT2D eigenvalue weighted by atomic mass is 35.5. The van der Waals surface area contributed by atoms with Gasteiger partial charge < -0.3 is 14.1 Å². The van der Waals surface area contributed by atoms with Gasteiger partial charge >= 0.3 is 5.97 Å². The van der Waals surface area contributed by atoms with Crippen molar-refractivity contribution < 1.29 is 27.2 Å². The molecule has 140 valence electrons. The summed E-state index contributed by atoms with van der Waals surface area (Å²) in [6.07, 6.45) is 1.49. The molecular weight excluding hydrogens is 384 g/mol. The average Bonchev–Trinajstić information content (AvgIpc) is 3.12. The van der Waals surface area contributed by atoms with Crippen molar-refractivity contribution in [3.63, 3.8) is 0 Å². The Hall–Kier alpha value is -2.36. The van der Waals surface area contributed by atoms with Crippen LogP contribution in [-0.2, 0) is 26.1 Å². The number of sulfonamides is 1. The molecule has 0 atom stereocenters. The third-order valence-corrected chi connectivity index (χ3v) is 5.35. The molecule has 2 aromatic rings. The van der Waals surface area contributed by atoms with Crippen LogP contribution < -0.4 is 4.72 Å². The van der Waals surface area contributed by atoms with Crippen molar-refractivity contribution in [2.75, 3.05) is 20.7 Å². The molecule has 0 fully saturated rings. The molecule has 0 unspecified atom stereocenters. The summed E-state index contributed by atoms with van der Waals surface area (Å²) in [7, 11) is -1.07. The van der Waals surface area contributed by atoms with E-state index in [4.69, 9.17) is 20.8 Å². The molecule has 0 aliphatic carbocycles. The van der Waals surface area contributed by atoms with Crippen LogP contribution in [0.5, 0.6) is 0 Å². The van der Waals surface area contributed by atoms with E-state index in [1.165, 1.54) is 30.3 Å². The van der Waals surface area contributed by atoms with Gasteiger partial charge in [0.2, 0.25) is 10.0 Å². The molecule has 0 saturated heterocycles. The number of likely N-dealkylation sites (N-methyl/N-ethyl adjacent to an activating group) is 1. The van der Waals surface area contributed by atoms with Gasteiger partial charge in [0.1, 0.15) is 10.7 Å². The van der Waals surface area contributed by atoms with E-state index < -0.39 is 28.5 Å². The number of esters is 1. The van der Waals surface area contributed by atoms with Gasteiger partial charge in [0, 0.05) is 7.05 Å². The Kier molecular flexibility index (Phi) is 6.41. The number of halogens is 1. The van der Waals surface area contributed by atoms with Crippen LogP contribution in [0.25, 0.3) is 0 Å². The smallest absolute Gasteiger partial charge is 0.338 e. The second-order valence-electron chi connectivity index (χ2n) is 5.26. The van der Waals surface area contributed by atoms with Crippen molar-refractivity contribution in [2.45, 2.75) is 11.4 Å². The van der Waals surface area contributed by atoms with Gasteiger partial charge in [-0.2, -0.15) is 0 Å². The first kappa shape index (κ1) is 20.0. The van der Waals surface area contributed by atoms with Crippen LogP contribution in [0.2, 0.25) is 5.02 Å². The summed E-state index contributed by atoms with van der Waals surface area (Å²) in [4.78, 5) is 25.2. The SMILES string of the molecule is CNS(=O)(=O)c1cc(C(=O)OCC(=O)N(C)Cc2ccco2)ccc1Cl. The topological polar surface area (TPSA) is 106 Å². The third-order valence-electron chi connectivity index (χ3n) is 3.45. The minimum atomic E-state index is -3.83. The maximum absolute atomic E-state index is 12.1. The zero-order valence-corrected chi connectivity index (χ0v) is 15.6. The van der Waals surface area contributed by atoms with Crippen molar-refractivity contribution in [1.82, 2.24) is 9.62 Å². The van der Waals surface area contributed by atoms with Crippen LogP contribution in [0.3, 0.4) is 0 Å². The summed E-state index contributed by atoms with van der Waals surface area (Å²) in [5.74, 6) is -0.687. The molecule has 1 heterocycles. The fraction of sp³-hybridized carbons (Fsp3) is 0.250. The van der Waals surface area contributed by atoms with Crippen LogP contribution in [0, 0.1) is 0 Å². The molecule has 0 saturated carbocycles. The van der Waals surface area contributed by atoms with Gasteiger partial charge in [0.15, 0.2) is 6.61 Å². The van der Waals surface area contributed by atoms with Crippen LogP contribution in [-0.4, -0.2) is 45.9 Å². The molecule has 8 nitrogen and oxygen atoms in total. The van der Waals surface area contributed by atoms with Crippen molar-refractivity contribution >= 4 is 33.5 Å². The maximum atomic E-state index is 12.1. The molecule has 1 aromatic heterocycles. The number of hydrogen-bond acceptors (Lipinski definition) is 6. The van der Waals surface area contributed by atoms with E-state index in [2.05, 4.69) is 4.72 Å². The summed E-state index contributed by atoms with van der Waals surface area (Å²) >= 11 is 5.86. The molecule has 2 rings (SSSR count). The highest BCUT2D eigenvalue weighted by molar-refractivity contribution is 7.89. The zero-order valence-electron chi connectivity index (χ0n) is 14.1. The van der Waals surface area contributed by atoms with Crippen LogP contribution in [0.15, 0.2) is 45.9 Å². The maximum Gasteiger partial charge on any atom is 0.338 e. The van der Waals surface area contributed by atoms with Gasteiger partial charge in [0.05, 0.1) is 23.4 Å². The number of nitrogens with one attached hydrogen (secondary N) is 1.